The normalized spacial score (nSPS) is 22.5. The van der Waals surface area contributed by atoms with Crippen LogP contribution in [-0.4, -0.2) is 35.0 Å². The number of carboxylic acids is 1. The lowest BCUT2D eigenvalue weighted by atomic mass is 9.72. The molecule has 0 aromatic heterocycles. The molecule has 0 spiro atoms. The summed E-state index contributed by atoms with van der Waals surface area (Å²) in [5.74, 6) is -0.612. The largest absolute Gasteiger partial charge is 0.481 e. The number of carbonyl (C=O) groups is 2. The summed E-state index contributed by atoms with van der Waals surface area (Å²) in [5, 5.41) is 8.70. The number of hydrogen-bond acceptors (Lipinski definition) is 2. The van der Waals surface area contributed by atoms with Crippen molar-refractivity contribution in [2.24, 2.45) is 11.3 Å². The molecule has 1 aliphatic rings. The van der Waals surface area contributed by atoms with E-state index in [0.29, 0.717) is 13.1 Å². The van der Waals surface area contributed by atoms with Crippen molar-refractivity contribution in [3.63, 3.8) is 0 Å². The fraction of sp³-hybridized carbons (Fsp3) is 0.857. The van der Waals surface area contributed by atoms with Gasteiger partial charge in [-0.3, -0.25) is 9.59 Å². The number of carbonyl (C=O) groups excluding carboxylic acids is 1. The van der Waals surface area contributed by atoms with Crippen LogP contribution in [0.1, 0.15) is 52.9 Å². The van der Waals surface area contributed by atoms with E-state index in [0.717, 1.165) is 19.3 Å². The van der Waals surface area contributed by atoms with Crippen LogP contribution < -0.4 is 0 Å². The first-order chi connectivity index (χ1) is 8.35. The molecule has 0 aromatic carbocycles. The van der Waals surface area contributed by atoms with E-state index in [4.69, 9.17) is 5.11 Å². The van der Waals surface area contributed by atoms with Gasteiger partial charge in [0.2, 0.25) is 5.91 Å². The third kappa shape index (κ3) is 4.31. The molecular formula is C14H25NO3. The molecule has 1 rings (SSSR count). The second-order valence-electron chi connectivity index (χ2n) is 6.02. The maximum absolute atomic E-state index is 12.4. The molecule has 0 saturated heterocycles. The van der Waals surface area contributed by atoms with Crippen LogP contribution in [0, 0.1) is 11.3 Å². The van der Waals surface area contributed by atoms with E-state index < -0.39 is 5.97 Å². The van der Waals surface area contributed by atoms with E-state index >= 15 is 0 Å². The Balaban J connectivity index is 2.57. The van der Waals surface area contributed by atoms with Gasteiger partial charge < -0.3 is 10.0 Å². The number of nitrogens with zero attached hydrogens (tertiary/aromatic N) is 1. The molecule has 18 heavy (non-hydrogen) atoms. The second-order valence-corrected chi connectivity index (χ2v) is 6.02. The van der Waals surface area contributed by atoms with Crippen LogP contribution in [0.25, 0.3) is 0 Å². The zero-order valence-electron chi connectivity index (χ0n) is 11.7. The van der Waals surface area contributed by atoms with Gasteiger partial charge in [0, 0.05) is 19.0 Å². The molecule has 1 unspecified atom stereocenters. The van der Waals surface area contributed by atoms with Gasteiger partial charge in [0.1, 0.15) is 0 Å². The Labute approximate surface area is 109 Å². The van der Waals surface area contributed by atoms with Crippen LogP contribution in [-0.2, 0) is 9.59 Å². The van der Waals surface area contributed by atoms with Crippen LogP contribution in [0.5, 0.6) is 0 Å². The van der Waals surface area contributed by atoms with E-state index in [-0.39, 0.29) is 23.7 Å². The van der Waals surface area contributed by atoms with Crippen LogP contribution in [0.4, 0.5) is 0 Å². The Morgan fingerprint density at radius 2 is 2.06 bits per heavy atom. The number of amides is 1. The molecule has 1 N–H and O–H groups in total. The molecule has 0 bridgehead atoms. The standard InChI is InChI=1S/C14H25NO3/c1-4-15(9-7-12(16)17)13(18)11-6-5-8-14(2,3)10-11/h11H,4-10H2,1-3H3,(H,16,17). The highest BCUT2D eigenvalue weighted by Gasteiger charge is 2.33. The molecule has 0 radical (unpaired) electrons. The molecule has 1 aliphatic carbocycles. The van der Waals surface area contributed by atoms with Gasteiger partial charge in [-0.25, -0.2) is 0 Å². The van der Waals surface area contributed by atoms with Crippen molar-refractivity contribution in [3.05, 3.63) is 0 Å². The number of carboxylic acid groups (broad SMARTS) is 1. The lowest BCUT2D eigenvalue weighted by Crippen LogP contribution is -2.40. The predicted octanol–water partition coefficient (Wildman–Crippen LogP) is 2.53. The van der Waals surface area contributed by atoms with Crippen molar-refractivity contribution in [2.45, 2.75) is 52.9 Å². The summed E-state index contributed by atoms with van der Waals surface area (Å²) in [6, 6.07) is 0. The lowest BCUT2D eigenvalue weighted by Gasteiger charge is -2.36. The van der Waals surface area contributed by atoms with E-state index in [1.807, 2.05) is 6.92 Å². The third-order valence-electron chi connectivity index (χ3n) is 3.84. The topological polar surface area (TPSA) is 57.6 Å². The maximum Gasteiger partial charge on any atom is 0.305 e. The fourth-order valence-corrected chi connectivity index (χ4v) is 2.82. The summed E-state index contributed by atoms with van der Waals surface area (Å²) in [6.45, 7) is 7.26. The minimum atomic E-state index is -0.842. The highest BCUT2D eigenvalue weighted by atomic mass is 16.4. The van der Waals surface area contributed by atoms with Gasteiger partial charge in [-0.2, -0.15) is 0 Å². The van der Waals surface area contributed by atoms with Crippen LogP contribution in [0.2, 0.25) is 0 Å². The van der Waals surface area contributed by atoms with Gasteiger partial charge in [-0.15, -0.1) is 0 Å². The fourth-order valence-electron chi connectivity index (χ4n) is 2.82. The van der Waals surface area contributed by atoms with Crippen molar-refractivity contribution < 1.29 is 14.7 Å². The number of rotatable bonds is 5. The first-order valence-electron chi connectivity index (χ1n) is 6.86. The minimum Gasteiger partial charge on any atom is -0.481 e. The molecule has 1 saturated carbocycles. The summed E-state index contributed by atoms with van der Waals surface area (Å²) in [4.78, 5) is 24.6. The zero-order valence-corrected chi connectivity index (χ0v) is 11.7. The van der Waals surface area contributed by atoms with Crippen molar-refractivity contribution in [3.8, 4) is 0 Å². The Morgan fingerprint density at radius 1 is 1.39 bits per heavy atom. The predicted molar refractivity (Wildman–Crippen MR) is 70.2 cm³/mol. The highest BCUT2D eigenvalue weighted by Crippen LogP contribution is 2.39. The van der Waals surface area contributed by atoms with Gasteiger partial charge in [0.05, 0.1) is 6.42 Å². The van der Waals surface area contributed by atoms with E-state index in [2.05, 4.69) is 13.8 Å². The lowest BCUT2D eigenvalue weighted by molar-refractivity contribution is -0.140. The number of aliphatic carboxylic acids is 1. The van der Waals surface area contributed by atoms with E-state index in [1.54, 1.807) is 4.90 Å². The first kappa shape index (κ1) is 15.0. The summed E-state index contributed by atoms with van der Waals surface area (Å²) in [6.07, 6.45) is 4.19. The van der Waals surface area contributed by atoms with Crippen molar-refractivity contribution in [1.82, 2.24) is 4.90 Å². The molecule has 4 nitrogen and oxygen atoms in total. The average molecular weight is 255 g/mol. The molecule has 104 valence electrons. The van der Waals surface area contributed by atoms with Crippen LogP contribution in [0.3, 0.4) is 0 Å². The Kier molecular flexibility index (Phi) is 5.17. The van der Waals surface area contributed by atoms with Crippen molar-refractivity contribution in [2.75, 3.05) is 13.1 Å². The summed E-state index contributed by atoms with van der Waals surface area (Å²) in [7, 11) is 0. The van der Waals surface area contributed by atoms with Gasteiger partial charge in [-0.1, -0.05) is 20.3 Å². The summed E-state index contributed by atoms with van der Waals surface area (Å²) >= 11 is 0. The average Bonchev–Trinajstić information content (AvgIpc) is 2.27. The number of hydrogen-bond donors (Lipinski definition) is 1. The zero-order chi connectivity index (χ0) is 13.8. The van der Waals surface area contributed by atoms with Crippen molar-refractivity contribution in [1.29, 1.82) is 0 Å². The Bertz CT molecular complexity index is 312. The SMILES string of the molecule is CCN(CCC(=O)O)C(=O)C1CCCC(C)(C)C1. The van der Waals surface area contributed by atoms with Crippen LogP contribution >= 0.6 is 0 Å². The molecule has 1 fully saturated rings. The van der Waals surface area contributed by atoms with Crippen molar-refractivity contribution >= 4 is 11.9 Å². The third-order valence-corrected chi connectivity index (χ3v) is 3.84. The molecule has 0 aliphatic heterocycles. The first-order valence-corrected chi connectivity index (χ1v) is 6.86. The molecule has 1 atom stereocenters. The van der Waals surface area contributed by atoms with Gasteiger partial charge >= 0.3 is 5.97 Å². The molecule has 4 heteroatoms. The minimum absolute atomic E-state index is 0.0374. The Morgan fingerprint density at radius 3 is 2.56 bits per heavy atom. The van der Waals surface area contributed by atoms with Crippen LogP contribution in [0.15, 0.2) is 0 Å². The smallest absolute Gasteiger partial charge is 0.305 e. The molecule has 0 aromatic rings. The monoisotopic (exact) mass is 255 g/mol. The molecule has 1 amide bonds. The molecular weight excluding hydrogens is 230 g/mol. The second kappa shape index (κ2) is 6.21. The van der Waals surface area contributed by atoms with Gasteiger partial charge in [0.15, 0.2) is 0 Å². The van der Waals surface area contributed by atoms with E-state index in [9.17, 15) is 9.59 Å². The highest BCUT2D eigenvalue weighted by molar-refractivity contribution is 5.79. The molecule has 0 heterocycles. The Hall–Kier alpha value is -1.06. The quantitative estimate of drug-likeness (QED) is 0.821. The van der Waals surface area contributed by atoms with E-state index in [1.165, 1.54) is 6.42 Å². The maximum atomic E-state index is 12.4. The summed E-state index contributed by atoms with van der Waals surface area (Å²) < 4.78 is 0. The van der Waals surface area contributed by atoms with Gasteiger partial charge in [-0.05, 0) is 31.6 Å². The summed E-state index contributed by atoms with van der Waals surface area (Å²) in [5.41, 5.74) is 0.241. The van der Waals surface area contributed by atoms with Gasteiger partial charge in [0.25, 0.3) is 0 Å².